The number of nitrogens with zero attached hydrogens (tertiary/aromatic N) is 4. The molecule has 2 fully saturated rings. The molecule has 4 atom stereocenters. The van der Waals surface area contributed by atoms with Gasteiger partial charge in [0.15, 0.2) is 0 Å². The molecule has 0 radical (unpaired) electrons. The number of ether oxygens (including phenoxy) is 4. The number of rotatable bonds is 21. The summed E-state index contributed by atoms with van der Waals surface area (Å²) in [5, 5.41) is 8.14. The van der Waals surface area contributed by atoms with Crippen molar-refractivity contribution in [2.24, 2.45) is 0 Å². The van der Waals surface area contributed by atoms with Gasteiger partial charge in [-0.05, 0) is 119 Å². The summed E-state index contributed by atoms with van der Waals surface area (Å²) in [7, 11) is -4.15. The van der Waals surface area contributed by atoms with Gasteiger partial charge in [0.05, 0.1) is 33.9 Å². The van der Waals surface area contributed by atoms with Crippen molar-refractivity contribution in [1.82, 2.24) is 20.1 Å². The largest absolute Gasteiger partial charge is 0.489 e. The molecular weight excluding hydrogens is 1150 g/mol. The average Bonchev–Trinajstić information content (AvgIpc) is 3.76. The van der Waals surface area contributed by atoms with Crippen LogP contribution >= 0.6 is 0 Å². The van der Waals surface area contributed by atoms with Crippen molar-refractivity contribution in [2.45, 2.75) is 73.9 Å². The monoisotopic (exact) mass is 1200 g/mol. The Morgan fingerprint density at radius 1 is 0.575 bits per heavy atom. The number of aromatic nitrogens is 2. The van der Waals surface area contributed by atoms with Crippen LogP contribution in [0.1, 0.15) is 75.0 Å². The Morgan fingerprint density at radius 2 is 1.02 bits per heavy atom. The number of amides is 4. The number of cyclic esters (lactones) is 2. The summed E-state index contributed by atoms with van der Waals surface area (Å²) in [6, 6.07) is 53.5. The maximum atomic E-state index is 13.6. The van der Waals surface area contributed by atoms with Crippen molar-refractivity contribution >= 4 is 45.4 Å². The van der Waals surface area contributed by atoms with Crippen LogP contribution in [0.5, 0.6) is 11.5 Å². The molecule has 2 aliphatic rings. The van der Waals surface area contributed by atoms with Crippen LogP contribution < -0.4 is 19.9 Å². The zero-order valence-electron chi connectivity index (χ0n) is 46.4. The molecule has 3 N–H and O–H groups in total. The number of nitrogen functional groups attached to an aromatic ring is 1. The summed E-state index contributed by atoms with van der Waals surface area (Å²) < 4.78 is 99.0. The van der Waals surface area contributed by atoms with E-state index in [0.29, 0.717) is 65.7 Å². The molecule has 0 aliphatic carbocycles. The number of hydrogen-bond donors (Lipinski definition) is 2. The molecule has 11 rings (SSSR count). The van der Waals surface area contributed by atoms with E-state index in [0.717, 1.165) is 39.9 Å². The summed E-state index contributed by atoms with van der Waals surface area (Å²) in [5.41, 5.74) is 12.1. The van der Waals surface area contributed by atoms with Crippen molar-refractivity contribution in [3.8, 4) is 11.5 Å². The highest BCUT2D eigenvalue weighted by atomic mass is 32.2. The minimum absolute atomic E-state index is 0.0381. The third-order valence-electron chi connectivity index (χ3n) is 14.5. The van der Waals surface area contributed by atoms with Crippen molar-refractivity contribution in [3.63, 3.8) is 0 Å². The first-order valence-electron chi connectivity index (χ1n) is 27.5. The first kappa shape index (κ1) is 59.9. The van der Waals surface area contributed by atoms with E-state index in [-0.39, 0.29) is 55.2 Å². The maximum Gasteiger partial charge on any atom is 0.416 e. The highest BCUT2D eigenvalue weighted by molar-refractivity contribution is 7.92. The van der Waals surface area contributed by atoms with Crippen molar-refractivity contribution in [2.75, 3.05) is 23.7 Å². The predicted molar refractivity (Wildman–Crippen MR) is 311 cm³/mol. The van der Waals surface area contributed by atoms with Crippen molar-refractivity contribution in [3.05, 3.63) is 257 Å². The van der Waals surface area contributed by atoms with E-state index in [1.165, 1.54) is 28.4 Å². The molecule has 0 bridgehead atoms. The highest BCUT2D eigenvalue weighted by Crippen LogP contribution is 2.34. The number of benzene rings is 7. The normalized spacial score (nSPS) is 15.6. The van der Waals surface area contributed by atoms with E-state index in [1.54, 1.807) is 54.6 Å². The van der Waals surface area contributed by atoms with Gasteiger partial charge in [-0.25, -0.2) is 27.8 Å². The third kappa shape index (κ3) is 15.6. The second-order valence-electron chi connectivity index (χ2n) is 20.5. The average molecular weight is 1200 g/mol. The molecular formula is C65H57F3N6O12S. The van der Waals surface area contributed by atoms with Crippen molar-refractivity contribution < 1.29 is 68.8 Å². The van der Waals surface area contributed by atoms with Crippen LogP contribution in [-0.4, -0.2) is 77.8 Å². The quantitative estimate of drug-likeness (QED) is 0.0636. The molecule has 2 aromatic heterocycles. The Labute approximate surface area is 498 Å². The number of carbonyl (C=O) groups excluding carboxylic acids is 4. The third-order valence-corrected chi connectivity index (χ3v) is 15.9. The number of hydrogen-bond acceptors (Lipinski definition) is 15. The molecule has 0 unspecified atom stereocenters. The highest BCUT2D eigenvalue weighted by Gasteiger charge is 2.41. The lowest BCUT2D eigenvalue weighted by atomic mass is 9.91. The van der Waals surface area contributed by atoms with Crippen LogP contribution in [0.15, 0.2) is 221 Å². The Morgan fingerprint density at radius 3 is 1.46 bits per heavy atom. The Hall–Kier alpha value is -10.2. The Balaban J connectivity index is 0.000000201. The lowest BCUT2D eigenvalue weighted by Crippen LogP contribution is -2.40. The molecule has 7 aromatic carbocycles. The topological polar surface area (TPSA) is 236 Å². The zero-order valence-corrected chi connectivity index (χ0v) is 47.2. The zero-order chi connectivity index (χ0) is 60.9. The lowest BCUT2D eigenvalue weighted by molar-refractivity contribution is -0.137. The maximum absolute atomic E-state index is 13.6. The second kappa shape index (κ2) is 27.2. The molecule has 446 valence electrons. The molecule has 18 nitrogen and oxygen atoms in total. The van der Waals surface area contributed by atoms with E-state index in [9.17, 15) is 40.8 Å². The molecule has 22 heteroatoms. The Kier molecular flexibility index (Phi) is 18.7. The number of carbonyl (C=O) groups is 4. The van der Waals surface area contributed by atoms with Crippen LogP contribution in [0.3, 0.4) is 0 Å². The number of anilines is 2. The summed E-state index contributed by atoms with van der Waals surface area (Å²) in [5.74, 6) is -0.493. The van der Waals surface area contributed by atoms with E-state index < -0.39 is 57.7 Å². The number of nitrogens with one attached hydrogen (secondary N) is 1. The fraction of sp³-hybridized carbons (Fsp3) is 0.200. The number of nitrogens with two attached hydrogens (primary N) is 1. The number of alkyl halides is 3. The standard InChI is InChI=1S/C36H30F3N3O7S.C29H27N3O5/c37-36(38,39)27-11-15-31(16-12-27)50(45,46)41-28-8-4-7-25(19-28)22-47-30-13-9-26(10-14-30)32(33-17-18-49-40-33)21-34(43)42-29(23-48-35(42)44)20-24-5-2-1-3-6-24;30-23-8-4-7-21(15-23)18-35-25-11-9-22(10-12-25)26(27-13-14-37-31-27)17-28(33)32-24(19-36-29(32)34)16-20-5-2-1-3-6-20/h1-19,29,32,41H,20-23H2;1-15,24,26H,16-19,30H2/t29-,32-;24-,26-/m00/s1. The summed E-state index contributed by atoms with van der Waals surface area (Å²) in [6.45, 7) is 0.733. The van der Waals surface area contributed by atoms with Gasteiger partial charge in [-0.3, -0.25) is 14.3 Å². The van der Waals surface area contributed by atoms with Crippen LogP contribution in [-0.2, 0) is 61.3 Å². The van der Waals surface area contributed by atoms with Gasteiger partial charge in [0.1, 0.15) is 50.5 Å². The second-order valence-corrected chi connectivity index (χ2v) is 22.2. The fourth-order valence-electron chi connectivity index (χ4n) is 10.1. The molecule has 2 saturated heterocycles. The summed E-state index contributed by atoms with van der Waals surface area (Å²) in [6.07, 6.45) is -2.04. The van der Waals surface area contributed by atoms with Crippen molar-refractivity contribution in [1.29, 1.82) is 0 Å². The minimum Gasteiger partial charge on any atom is -0.489 e. The number of imide groups is 2. The van der Waals surface area contributed by atoms with E-state index in [1.807, 2.05) is 109 Å². The molecule has 4 amide bonds. The first-order chi connectivity index (χ1) is 42.0. The van der Waals surface area contributed by atoms with Gasteiger partial charge < -0.3 is 33.7 Å². The van der Waals surface area contributed by atoms with Crippen LogP contribution in [0.25, 0.3) is 0 Å². The fourth-order valence-corrected chi connectivity index (χ4v) is 11.2. The molecule has 0 saturated carbocycles. The number of sulfonamides is 1. The predicted octanol–water partition coefficient (Wildman–Crippen LogP) is 12.1. The van der Waals surface area contributed by atoms with Crippen LogP contribution in [0.4, 0.5) is 34.1 Å². The SMILES string of the molecule is Nc1cccc(COc2ccc([C@H](CC(=O)N3C(=O)OC[C@@H]3Cc3ccccc3)c3ccon3)cc2)c1.O=C(C[C@@H](c1ccc(OCc2cccc(NS(=O)(=O)c3ccc(C(F)(F)F)cc3)c2)cc1)c1ccon1)N1C(=O)OC[C@@H]1Cc1ccccc1. The first-order valence-corrected chi connectivity index (χ1v) is 29.0. The van der Waals surface area contributed by atoms with Gasteiger partial charge in [-0.1, -0.05) is 120 Å². The van der Waals surface area contributed by atoms with Gasteiger partial charge >= 0.3 is 18.4 Å². The molecule has 4 heterocycles. The molecule has 9 aromatic rings. The number of halogens is 3. The van der Waals surface area contributed by atoms with Crippen LogP contribution in [0.2, 0.25) is 0 Å². The molecule has 2 aliphatic heterocycles. The molecule has 0 spiro atoms. The van der Waals surface area contributed by atoms with Gasteiger partial charge in [-0.15, -0.1) is 0 Å². The lowest BCUT2D eigenvalue weighted by Gasteiger charge is -2.22. The van der Waals surface area contributed by atoms with Gasteiger partial charge in [0.25, 0.3) is 10.0 Å². The summed E-state index contributed by atoms with van der Waals surface area (Å²) >= 11 is 0. The van der Waals surface area contributed by atoms with Gasteiger partial charge in [0.2, 0.25) is 11.8 Å². The minimum atomic E-state index is -4.58. The van der Waals surface area contributed by atoms with Gasteiger partial charge in [0, 0.05) is 48.2 Å². The summed E-state index contributed by atoms with van der Waals surface area (Å²) in [4.78, 5) is 54.2. The van der Waals surface area contributed by atoms with Gasteiger partial charge in [-0.2, -0.15) is 13.2 Å². The van der Waals surface area contributed by atoms with E-state index in [4.69, 9.17) is 33.7 Å². The smallest absolute Gasteiger partial charge is 0.416 e. The molecule has 87 heavy (non-hydrogen) atoms. The van der Waals surface area contributed by atoms with Crippen LogP contribution in [0, 0.1) is 0 Å². The Bertz CT molecular complexity index is 3880. The van der Waals surface area contributed by atoms with E-state index in [2.05, 4.69) is 15.0 Å². The van der Waals surface area contributed by atoms with E-state index >= 15 is 0 Å².